The van der Waals surface area contributed by atoms with Crippen LogP contribution in [0.4, 0.5) is 0 Å². The summed E-state index contributed by atoms with van der Waals surface area (Å²) in [5, 5.41) is 2.59. The number of ketones is 1. The highest BCUT2D eigenvalue weighted by molar-refractivity contribution is 5.84. The van der Waals surface area contributed by atoms with E-state index in [4.69, 9.17) is 0 Å². The summed E-state index contributed by atoms with van der Waals surface area (Å²) in [7, 11) is 3.36. The summed E-state index contributed by atoms with van der Waals surface area (Å²) in [6, 6.07) is 0. The van der Waals surface area contributed by atoms with Crippen LogP contribution in [0.25, 0.3) is 0 Å². The molecule has 0 aromatic rings. The molecule has 0 atom stereocenters. The van der Waals surface area contributed by atoms with E-state index in [1.807, 2.05) is 0 Å². The normalized spacial score (nSPS) is 18.6. The molecule has 1 rings (SSSR count). The minimum atomic E-state index is 0.319. The molecule has 45 valence electrons. The van der Waals surface area contributed by atoms with E-state index < -0.39 is 0 Å². The molecule has 0 aliphatic heterocycles. The van der Waals surface area contributed by atoms with Crippen molar-refractivity contribution < 1.29 is 4.79 Å². The van der Waals surface area contributed by atoms with Crippen molar-refractivity contribution in [3.8, 4) is 0 Å². The van der Waals surface area contributed by atoms with Crippen molar-refractivity contribution in [1.29, 1.82) is 0 Å². The Morgan fingerprint density at radius 1 is 1.75 bits per heavy atom. The first-order valence-corrected chi connectivity index (χ1v) is 2.87. The van der Waals surface area contributed by atoms with E-state index in [9.17, 15) is 4.79 Å². The highest BCUT2D eigenvalue weighted by Gasteiger charge is 2.28. The second-order valence-corrected chi connectivity index (χ2v) is 2.17. The van der Waals surface area contributed by atoms with E-state index in [2.05, 4.69) is 12.4 Å². The van der Waals surface area contributed by atoms with Crippen LogP contribution in [0, 0.1) is 13.0 Å². The third kappa shape index (κ3) is 1.30. The lowest BCUT2D eigenvalue weighted by molar-refractivity contribution is -0.119. The predicted octanol–water partition coefficient (Wildman–Crippen LogP) is 0.347. The molecule has 1 aliphatic carbocycles. The van der Waals surface area contributed by atoms with Crippen molar-refractivity contribution in [3.63, 3.8) is 0 Å². The molecule has 0 saturated heterocycles. The van der Waals surface area contributed by atoms with Gasteiger partial charge in [-0.05, 0) is 12.8 Å². The number of rotatable bonds is 3. The van der Waals surface area contributed by atoms with Crippen LogP contribution in [-0.2, 0) is 4.79 Å². The van der Waals surface area contributed by atoms with Gasteiger partial charge in [0.05, 0.1) is 6.54 Å². The number of carbonyl (C=O) groups is 1. The number of hydrogen-bond acceptors (Lipinski definition) is 2. The molecule has 1 radical (unpaired) electrons. The van der Waals surface area contributed by atoms with Gasteiger partial charge in [0, 0.05) is 13.0 Å². The molecule has 0 aromatic heterocycles. The van der Waals surface area contributed by atoms with E-state index in [0.717, 1.165) is 12.8 Å². The maximum atomic E-state index is 10.7. The molecule has 1 saturated carbocycles. The Labute approximate surface area is 49.3 Å². The van der Waals surface area contributed by atoms with Gasteiger partial charge in [-0.3, -0.25) is 4.79 Å². The molecule has 1 N–H and O–H groups in total. The summed E-state index contributed by atoms with van der Waals surface area (Å²) in [4.78, 5) is 10.7. The quantitative estimate of drug-likeness (QED) is 0.570. The molecule has 0 bridgehead atoms. The van der Waals surface area contributed by atoms with Gasteiger partial charge in [-0.15, -0.1) is 0 Å². The monoisotopic (exact) mass is 112 g/mol. The maximum Gasteiger partial charge on any atom is 0.149 e. The number of Topliss-reactive ketones (excluding diaryl/α,β-unsaturated/α-hetero) is 1. The number of nitrogens with one attached hydrogen (secondary N) is 1. The molecular weight excluding hydrogens is 102 g/mol. The fourth-order valence-corrected chi connectivity index (χ4v) is 0.673. The summed E-state index contributed by atoms with van der Waals surface area (Å²) >= 11 is 0. The van der Waals surface area contributed by atoms with Gasteiger partial charge in [-0.2, -0.15) is 0 Å². The molecule has 0 aromatic carbocycles. The summed E-state index contributed by atoms with van der Waals surface area (Å²) in [6.45, 7) is 0.449. The van der Waals surface area contributed by atoms with Crippen molar-refractivity contribution in [2.24, 2.45) is 5.92 Å². The second kappa shape index (κ2) is 2.27. The zero-order chi connectivity index (χ0) is 5.98. The molecule has 2 heteroatoms. The van der Waals surface area contributed by atoms with Crippen molar-refractivity contribution in [2.45, 2.75) is 12.8 Å². The summed E-state index contributed by atoms with van der Waals surface area (Å²) in [5.74, 6) is 0.698. The Balaban J connectivity index is 2.13. The van der Waals surface area contributed by atoms with Crippen molar-refractivity contribution in [1.82, 2.24) is 5.32 Å². The third-order valence-electron chi connectivity index (χ3n) is 1.33. The minimum Gasteiger partial charge on any atom is -0.309 e. The van der Waals surface area contributed by atoms with Gasteiger partial charge in [0.1, 0.15) is 5.78 Å². The first kappa shape index (κ1) is 5.76. The Kier molecular flexibility index (Phi) is 1.63. The second-order valence-electron chi connectivity index (χ2n) is 2.17. The Morgan fingerprint density at radius 3 is 2.75 bits per heavy atom. The third-order valence-corrected chi connectivity index (χ3v) is 1.33. The zero-order valence-electron chi connectivity index (χ0n) is 4.81. The molecule has 1 aliphatic rings. The maximum absolute atomic E-state index is 10.7. The highest BCUT2D eigenvalue weighted by atomic mass is 16.1. The average Bonchev–Trinajstić information content (AvgIpc) is 2.45. The number of carbonyl (C=O) groups excluding carboxylic acids is 1. The van der Waals surface area contributed by atoms with E-state index >= 15 is 0 Å². The van der Waals surface area contributed by atoms with Gasteiger partial charge in [-0.1, -0.05) is 0 Å². The lowest BCUT2D eigenvalue weighted by atomic mass is 10.3. The molecule has 0 unspecified atom stereocenters. The van der Waals surface area contributed by atoms with E-state index in [0.29, 0.717) is 18.2 Å². The first-order valence-electron chi connectivity index (χ1n) is 2.87. The van der Waals surface area contributed by atoms with E-state index in [1.54, 1.807) is 0 Å². The van der Waals surface area contributed by atoms with Gasteiger partial charge in [0.25, 0.3) is 0 Å². The SMILES string of the molecule is [CH2]NCC(=O)C1CC1. The van der Waals surface area contributed by atoms with Crippen LogP contribution >= 0.6 is 0 Å². The highest BCUT2D eigenvalue weighted by Crippen LogP contribution is 2.29. The fraction of sp³-hybridized carbons (Fsp3) is 0.667. The van der Waals surface area contributed by atoms with Crippen LogP contribution < -0.4 is 5.32 Å². The van der Waals surface area contributed by atoms with Gasteiger partial charge in [0.15, 0.2) is 0 Å². The lowest BCUT2D eigenvalue weighted by Crippen LogP contribution is -2.17. The van der Waals surface area contributed by atoms with Crippen molar-refractivity contribution in [2.75, 3.05) is 6.54 Å². The van der Waals surface area contributed by atoms with Gasteiger partial charge in [0.2, 0.25) is 0 Å². The van der Waals surface area contributed by atoms with Crippen LogP contribution in [0.15, 0.2) is 0 Å². The Hall–Kier alpha value is -0.370. The van der Waals surface area contributed by atoms with Crippen LogP contribution in [-0.4, -0.2) is 12.3 Å². The van der Waals surface area contributed by atoms with E-state index in [1.165, 1.54) is 0 Å². The standard InChI is InChI=1S/C6H10NO/c1-7-4-6(8)5-2-3-5/h5,7H,1-4H2. The van der Waals surface area contributed by atoms with Crippen LogP contribution in [0.3, 0.4) is 0 Å². The van der Waals surface area contributed by atoms with Crippen LogP contribution in [0.1, 0.15) is 12.8 Å². The average molecular weight is 112 g/mol. The Bertz CT molecular complexity index is 96.7. The van der Waals surface area contributed by atoms with Crippen molar-refractivity contribution in [3.05, 3.63) is 7.05 Å². The molecule has 0 heterocycles. The van der Waals surface area contributed by atoms with Gasteiger partial charge >= 0.3 is 0 Å². The predicted molar refractivity (Wildman–Crippen MR) is 31.1 cm³/mol. The molecule has 0 spiro atoms. The largest absolute Gasteiger partial charge is 0.309 e. The fourth-order valence-electron chi connectivity index (χ4n) is 0.673. The zero-order valence-corrected chi connectivity index (χ0v) is 4.81. The van der Waals surface area contributed by atoms with Crippen LogP contribution in [0.5, 0.6) is 0 Å². The molecule has 2 nitrogen and oxygen atoms in total. The van der Waals surface area contributed by atoms with E-state index in [-0.39, 0.29) is 0 Å². The molecular formula is C6H10NO. The van der Waals surface area contributed by atoms with Crippen LogP contribution in [0.2, 0.25) is 0 Å². The first-order chi connectivity index (χ1) is 3.84. The lowest BCUT2D eigenvalue weighted by Gasteiger charge is -1.92. The molecule has 0 amide bonds. The van der Waals surface area contributed by atoms with Gasteiger partial charge in [-0.25, -0.2) is 0 Å². The molecule has 8 heavy (non-hydrogen) atoms. The summed E-state index contributed by atoms with van der Waals surface area (Å²) in [6.07, 6.45) is 2.20. The topological polar surface area (TPSA) is 29.1 Å². The van der Waals surface area contributed by atoms with Gasteiger partial charge < -0.3 is 5.32 Å². The number of hydrogen-bond donors (Lipinski definition) is 1. The minimum absolute atomic E-state index is 0.319. The van der Waals surface area contributed by atoms with Crippen molar-refractivity contribution >= 4 is 5.78 Å². The molecule has 1 fully saturated rings. The summed E-state index contributed by atoms with van der Waals surface area (Å²) in [5.41, 5.74) is 0. The summed E-state index contributed by atoms with van der Waals surface area (Å²) < 4.78 is 0. The Morgan fingerprint density at radius 2 is 2.38 bits per heavy atom. The smallest absolute Gasteiger partial charge is 0.149 e.